The molecule has 3 aromatic rings. The number of Topliss-reactive ketones (excluding diaryl/α,β-unsaturated/α-hetero) is 1. The van der Waals surface area contributed by atoms with Gasteiger partial charge in [-0.3, -0.25) is 9.36 Å². The SMILES string of the molecule is COc1cccc(C(=O)CSc2n[nH]c(=O)n2Cc2ccccc2)c1. The lowest BCUT2D eigenvalue weighted by atomic mass is 10.1. The van der Waals surface area contributed by atoms with E-state index in [1.54, 1.807) is 31.4 Å². The summed E-state index contributed by atoms with van der Waals surface area (Å²) in [6, 6.07) is 16.6. The Morgan fingerprint density at radius 3 is 2.76 bits per heavy atom. The monoisotopic (exact) mass is 355 g/mol. The van der Waals surface area contributed by atoms with Crippen LogP contribution >= 0.6 is 11.8 Å². The highest BCUT2D eigenvalue weighted by molar-refractivity contribution is 7.99. The van der Waals surface area contributed by atoms with Crippen molar-refractivity contribution in [1.29, 1.82) is 0 Å². The molecular weight excluding hydrogens is 338 g/mol. The average molecular weight is 355 g/mol. The number of aromatic nitrogens is 3. The molecule has 0 fully saturated rings. The smallest absolute Gasteiger partial charge is 0.344 e. The number of thioether (sulfide) groups is 1. The van der Waals surface area contributed by atoms with E-state index in [1.165, 1.54) is 16.3 Å². The summed E-state index contributed by atoms with van der Waals surface area (Å²) in [6.45, 7) is 0.409. The van der Waals surface area contributed by atoms with E-state index < -0.39 is 0 Å². The van der Waals surface area contributed by atoms with Crippen LogP contribution in [0.5, 0.6) is 5.75 Å². The van der Waals surface area contributed by atoms with Gasteiger partial charge in [0.15, 0.2) is 10.9 Å². The molecule has 1 N–H and O–H groups in total. The van der Waals surface area contributed by atoms with E-state index in [1.807, 2.05) is 30.3 Å². The maximum Gasteiger partial charge on any atom is 0.344 e. The van der Waals surface area contributed by atoms with Gasteiger partial charge in [-0.25, -0.2) is 9.89 Å². The second-order valence-corrected chi connectivity index (χ2v) is 6.27. The molecule has 0 unspecified atom stereocenters. The molecule has 128 valence electrons. The summed E-state index contributed by atoms with van der Waals surface area (Å²) >= 11 is 1.23. The van der Waals surface area contributed by atoms with Crippen LogP contribution in [0.15, 0.2) is 64.5 Å². The highest BCUT2D eigenvalue weighted by atomic mass is 32.2. The van der Waals surface area contributed by atoms with Crippen LogP contribution in [0.1, 0.15) is 15.9 Å². The van der Waals surface area contributed by atoms with Gasteiger partial charge in [-0.15, -0.1) is 5.10 Å². The standard InChI is InChI=1S/C18H17N3O3S/c1-24-15-9-5-8-14(10-15)16(22)12-25-18-20-19-17(23)21(18)11-13-6-3-2-4-7-13/h2-10H,11-12H2,1H3,(H,19,23). The summed E-state index contributed by atoms with van der Waals surface area (Å²) in [5.74, 6) is 0.772. The summed E-state index contributed by atoms with van der Waals surface area (Å²) in [7, 11) is 1.56. The van der Waals surface area contributed by atoms with Crippen LogP contribution in [0.3, 0.4) is 0 Å². The zero-order valence-corrected chi connectivity index (χ0v) is 14.5. The lowest BCUT2D eigenvalue weighted by Gasteiger charge is -2.06. The highest BCUT2D eigenvalue weighted by Gasteiger charge is 2.13. The number of ether oxygens (including phenoxy) is 1. The molecule has 0 radical (unpaired) electrons. The van der Waals surface area contributed by atoms with E-state index in [-0.39, 0.29) is 17.2 Å². The number of H-pyrrole nitrogens is 1. The maximum absolute atomic E-state index is 12.4. The van der Waals surface area contributed by atoms with Crippen LogP contribution in [0.25, 0.3) is 0 Å². The number of carbonyl (C=O) groups is 1. The molecule has 0 spiro atoms. The Morgan fingerprint density at radius 2 is 2.00 bits per heavy atom. The molecule has 1 heterocycles. The first-order valence-corrected chi connectivity index (χ1v) is 8.65. The zero-order valence-electron chi connectivity index (χ0n) is 13.6. The number of rotatable bonds is 7. The van der Waals surface area contributed by atoms with E-state index in [4.69, 9.17) is 4.74 Å². The van der Waals surface area contributed by atoms with Gasteiger partial charge in [-0.2, -0.15) is 0 Å². The van der Waals surface area contributed by atoms with Crippen LogP contribution in [0.2, 0.25) is 0 Å². The van der Waals surface area contributed by atoms with Crippen molar-refractivity contribution in [2.75, 3.05) is 12.9 Å². The number of carbonyl (C=O) groups excluding carboxylic acids is 1. The normalized spacial score (nSPS) is 10.6. The van der Waals surface area contributed by atoms with Crippen molar-refractivity contribution in [2.24, 2.45) is 0 Å². The van der Waals surface area contributed by atoms with Crippen LogP contribution in [0.4, 0.5) is 0 Å². The van der Waals surface area contributed by atoms with E-state index >= 15 is 0 Å². The molecule has 0 saturated heterocycles. The average Bonchev–Trinajstić information content (AvgIpc) is 3.00. The topological polar surface area (TPSA) is 77.0 Å². The minimum Gasteiger partial charge on any atom is -0.497 e. The van der Waals surface area contributed by atoms with Crippen molar-refractivity contribution in [2.45, 2.75) is 11.7 Å². The van der Waals surface area contributed by atoms with Gasteiger partial charge in [-0.05, 0) is 17.7 Å². The third-order valence-electron chi connectivity index (χ3n) is 3.63. The van der Waals surface area contributed by atoms with Gasteiger partial charge in [-0.1, -0.05) is 54.2 Å². The lowest BCUT2D eigenvalue weighted by molar-refractivity contribution is 0.102. The van der Waals surface area contributed by atoms with Crippen molar-refractivity contribution >= 4 is 17.5 Å². The maximum atomic E-state index is 12.4. The van der Waals surface area contributed by atoms with Gasteiger partial charge < -0.3 is 4.74 Å². The van der Waals surface area contributed by atoms with Crippen molar-refractivity contribution < 1.29 is 9.53 Å². The third kappa shape index (κ3) is 4.19. The quantitative estimate of drug-likeness (QED) is 0.521. The summed E-state index contributed by atoms with van der Waals surface area (Å²) in [6.07, 6.45) is 0. The fourth-order valence-electron chi connectivity index (χ4n) is 2.33. The molecule has 0 atom stereocenters. The van der Waals surface area contributed by atoms with Gasteiger partial charge in [0.25, 0.3) is 0 Å². The molecule has 1 aromatic heterocycles. The number of benzene rings is 2. The van der Waals surface area contributed by atoms with Crippen molar-refractivity contribution in [3.8, 4) is 5.75 Å². The Labute approximate surface area is 148 Å². The lowest BCUT2D eigenvalue weighted by Crippen LogP contribution is -2.18. The Morgan fingerprint density at radius 1 is 1.20 bits per heavy atom. The second-order valence-electron chi connectivity index (χ2n) is 5.33. The van der Waals surface area contributed by atoms with Crippen molar-refractivity contribution in [3.05, 3.63) is 76.2 Å². The minimum absolute atomic E-state index is 0.0504. The van der Waals surface area contributed by atoms with Crippen molar-refractivity contribution in [1.82, 2.24) is 14.8 Å². The fraction of sp³-hybridized carbons (Fsp3) is 0.167. The molecule has 2 aromatic carbocycles. The molecule has 0 aliphatic heterocycles. The number of hydrogen-bond donors (Lipinski definition) is 1. The Balaban J connectivity index is 1.71. The molecule has 0 aliphatic rings. The Kier molecular flexibility index (Phi) is 5.35. The molecule has 0 aliphatic carbocycles. The molecule has 0 bridgehead atoms. The van der Waals surface area contributed by atoms with E-state index in [0.717, 1.165) is 5.56 Å². The largest absolute Gasteiger partial charge is 0.497 e. The van der Waals surface area contributed by atoms with Crippen LogP contribution in [0, 0.1) is 0 Å². The van der Waals surface area contributed by atoms with E-state index in [9.17, 15) is 9.59 Å². The van der Waals surface area contributed by atoms with Gasteiger partial charge in [0.05, 0.1) is 19.4 Å². The third-order valence-corrected chi connectivity index (χ3v) is 4.61. The van der Waals surface area contributed by atoms with Crippen LogP contribution in [-0.4, -0.2) is 33.4 Å². The Hall–Kier alpha value is -2.80. The summed E-state index contributed by atoms with van der Waals surface area (Å²) in [4.78, 5) is 24.3. The predicted molar refractivity (Wildman–Crippen MR) is 96.4 cm³/mol. The van der Waals surface area contributed by atoms with E-state index in [0.29, 0.717) is 23.0 Å². The van der Waals surface area contributed by atoms with Crippen LogP contribution in [-0.2, 0) is 6.54 Å². The molecule has 0 amide bonds. The Bertz CT molecular complexity index is 919. The molecule has 25 heavy (non-hydrogen) atoms. The molecule has 3 rings (SSSR count). The summed E-state index contributed by atoms with van der Waals surface area (Å²) in [5, 5.41) is 6.96. The number of methoxy groups -OCH3 is 1. The van der Waals surface area contributed by atoms with Gasteiger partial charge >= 0.3 is 5.69 Å². The second kappa shape index (κ2) is 7.85. The summed E-state index contributed by atoms with van der Waals surface area (Å²) < 4.78 is 6.66. The number of nitrogens with one attached hydrogen (secondary N) is 1. The molecular formula is C18H17N3O3S. The fourth-order valence-corrected chi connectivity index (χ4v) is 3.17. The first-order valence-electron chi connectivity index (χ1n) is 7.66. The zero-order chi connectivity index (χ0) is 17.6. The number of hydrogen-bond acceptors (Lipinski definition) is 5. The predicted octanol–water partition coefficient (Wildman–Crippen LogP) is 2.60. The molecule has 0 saturated carbocycles. The minimum atomic E-state index is -0.291. The molecule has 6 nitrogen and oxygen atoms in total. The number of aromatic amines is 1. The van der Waals surface area contributed by atoms with Gasteiger partial charge in [0.1, 0.15) is 5.75 Å². The van der Waals surface area contributed by atoms with E-state index in [2.05, 4.69) is 10.2 Å². The highest BCUT2D eigenvalue weighted by Crippen LogP contribution is 2.19. The van der Waals surface area contributed by atoms with Crippen LogP contribution < -0.4 is 10.4 Å². The first kappa shape index (κ1) is 17.0. The summed E-state index contributed by atoms with van der Waals surface area (Å²) in [5.41, 5.74) is 1.27. The van der Waals surface area contributed by atoms with Gasteiger partial charge in [0.2, 0.25) is 0 Å². The van der Waals surface area contributed by atoms with Crippen molar-refractivity contribution in [3.63, 3.8) is 0 Å². The molecule has 7 heteroatoms. The number of nitrogens with zero attached hydrogens (tertiary/aromatic N) is 2. The van der Waals surface area contributed by atoms with Gasteiger partial charge in [0, 0.05) is 5.56 Å². The number of ketones is 1. The first-order chi connectivity index (χ1) is 12.2.